The van der Waals surface area contributed by atoms with Crippen LogP contribution in [0.1, 0.15) is 214 Å². The molecule has 0 unspecified atom stereocenters. The molecule has 3 aromatic heterocycles. The first-order chi connectivity index (χ1) is 47.7. The number of nitrogens with zero attached hydrogens (tertiary/aromatic N) is 3. The van der Waals surface area contributed by atoms with Crippen molar-refractivity contribution in [3.8, 4) is 67.2 Å². The topological polar surface area (TPSA) is 11.6 Å². The molecule has 0 saturated carbocycles. The third kappa shape index (κ3) is 20.9. The third-order valence-corrected chi connectivity index (χ3v) is 16.7. The minimum Gasteiger partial charge on any atom is -0.201 e. The Labute approximate surface area is 587 Å². The standard InChI is InChI=1S/C33H46N.2C29H38N/c1-21(2)32(22(3)4)28-17-27(18-29(19-28)33(23(5)6)24(7)8)26-15-16-34(10)31(20-26)30-14-12-11-13-25(30)9;1-21-11-9-10-12-26(21)27-18-24(13-14-30(27)8)25-16-22(19-28(2,3)4)15-23(17-25)20-29(5,6)7;1-21-11-9-10-12-26(21)27-14-13-24(20-30(27)8)25-16-22(18-28(2,3)4)15-23(17-25)19-29(5,6)7/h11-24,32-33H,1-10H3;9-18H,19-20H2,1-8H3;9-17,20H,18-19H2,1-8H3/q3*+1/i32D,33D;19D2,20D2;18D2,19D2. The molecule has 0 aliphatic rings. The van der Waals surface area contributed by atoms with Crippen LogP contribution in [-0.4, -0.2) is 0 Å². The maximum atomic E-state index is 9.62. The van der Waals surface area contributed by atoms with Crippen molar-refractivity contribution in [2.45, 2.75) is 197 Å². The zero-order valence-electron chi connectivity index (χ0n) is 72.5. The van der Waals surface area contributed by atoms with Gasteiger partial charge in [0, 0.05) is 66.3 Å². The van der Waals surface area contributed by atoms with E-state index in [1.807, 2.05) is 170 Å². The van der Waals surface area contributed by atoms with Gasteiger partial charge in [-0.2, -0.15) is 0 Å². The van der Waals surface area contributed by atoms with Crippen LogP contribution in [0.3, 0.4) is 0 Å². The average Bonchev–Trinajstić information content (AvgIpc) is 0.765. The normalized spacial score (nSPS) is 14.7. The molecule has 3 heterocycles. The van der Waals surface area contributed by atoms with Gasteiger partial charge in [0.25, 0.3) is 0 Å². The largest absolute Gasteiger partial charge is 0.213 e. The Kier molecular flexibility index (Phi) is 20.0. The number of hydrogen-bond donors (Lipinski definition) is 0. The predicted molar refractivity (Wildman–Crippen MR) is 407 cm³/mol. The molecule has 0 spiro atoms. The van der Waals surface area contributed by atoms with Gasteiger partial charge in [0.1, 0.15) is 21.1 Å². The van der Waals surface area contributed by atoms with E-state index in [9.17, 15) is 2.74 Å². The SMILES string of the molecule is [2H]C([2H])(c1cc(-c2cc[n+](C)c(-c3ccccc3C)c2)cc(C([2H])([2H])C(C)(C)C)c1)C(C)(C)C.[2H]C([2H])(c1cc(-c2ccc(-c3ccccc3C)[n+](C)c2)cc(C([2H])([2H])C(C)(C)C)c1)C(C)(C)C.[2H]C(c1cc(-c2cc[n+](C)c(-c3ccccc3C)c2)cc(C([2H])(C(C)C)C(C)C)c1)(C(C)C)C(C)C. The van der Waals surface area contributed by atoms with Crippen LogP contribution in [0.4, 0.5) is 0 Å². The summed E-state index contributed by atoms with van der Waals surface area (Å²) in [5.41, 5.74) is 17.7. The summed E-state index contributed by atoms with van der Waals surface area (Å²) in [6.07, 6.45) is -0.344. The highest BCUT2D eigenvalue weighted by atomic mass is 14.9. The van der Waals surface area contributed by atoms with E-state index in [0.717, 1.165) is 67.2 Å². The summed E-state index contributed by atoms with van der Waals surface area (Å²) >= 11 is 0. The molecule has 94 heavy (non-hydrogen) atoms. The molecular weight excluding hydrogens is 1140 g/mol. The highest BCUT2D eigenvalue weighted by Gasteiger charge is 2.27. The van der Waals surface area contributed by atoms with Gasteiger partial charge in [-0.15, -0.1) is 0 Å². The number of benzene rings is 6. The van der Waals surface area contributed by atoms with E-state index in [1.165, 1.54) is 27.8 Å². The molecule has 6 aromatic carbocycles. The van der Waals surface area contributed by atoms with Crippen LogP contribution in [0.5, 0.6) is 0 Å². The maximum absolute atomic E-state index is 9.62. The molecule has 3 heteroatoms. The fourth-order valence-corrected chi connectivity index (χ4v) is 13.1. The molecule has 0 bridgehead atoms. The zero-order valence-corrected chi connectivity index (χ0v) is 62.5. The Morgan fingerprint density at radius 2 is 0.617 bits per heavy atom. The number of aryl methyl sites for hydroxylation is 6. The third-order valence-electron chi connectivity index (χ3n) is 16.7. The average molecular weight is 1270 g/mol. The monoisotopic (exact) mass is 1270 g/mol. The molecule has 0 aliphatic carbocycles. The first kappa shape index (κ1) is 60.4. The van der Waals surface area contributed by atoms with Crippen molar-refractivity contribution in [1.82, 2.24) is 0 Å². The summed E-state index contributed by atoms with van der Waals surface area (Å²) in [6, 6.07) is 55.3. The lowest BCUT2D eigenvalue weighted by Gasteiger charge is -2.30. The quantitative estimate of drug-likeness (QED) is 0.0855. The Morgan fingerprint density at radius 1 is 0.319 bits per heavy atom. The van der Waals surface area contributed by atoms with E-state index in [-0.39, 0.29) is 23.7 Å². The fourth-order valence-electron chi connectivity index (χ4n) is 13.1. The molecule has 0 fully saturated rings. The van der Waals surface area contributed by atoms with Gasteiger partial charge in [-0.1, -0.05) is 248 Å². The second kappa shape index (κ2) is 31.1. The Morgan fingerprint density at radius 3 is 0.915 bits per heavy atom. The molecular formula is C91H122N3+3. The van der Waals surface area contributed by atoms with Crippen LogP contribution in [0.15, 0.2) is 182 Å². The van der Waals surface area contributed by atoms with E-state index in [4.69, 9.17) is 11.0 Å². The van der Waals surface area contributed by atoms with Crippen molar-refractivity contribution in [1.29, 1.82) is 0 Å². The number of pyridine rings is 3. The second-order valence-electron chi connectivity index (χ2n) is 31.6. The number of aromatic nitrogens is 3. The predicted octanol–water partition coefficient (Wildman–Crippen LogP) is 23.6. The van der Waals surface area contributed by atoms with Crippen LogP contribution in [0.2, 0.25) is 0 Å². The first-order valence-electron chi connectivity index (χ1n) is 39.3. The Hall–Kier alpha value is -7.23. The second-order valence-corrected chi connectivity index (χ2v) is 31.6. The summed E-state index contributed by atoms with van der Waals surface area (Å²) in [6.45, 7) is 46.2. The highest BCUT2D eigenvalue weighted by Crippen LogP contribution is 2.41. The van der Waals surface area contributed by atoms with Crippen LogP contribution in [-0.2, 0) is 46.6 Å². The van der Waals surface area contributed by atoms with Gasteiger partial charge < -0.3 is 0 Å². The van der Waals surface area contributed by atoms with Crippen molar-refractivity contribution in [3.05, 3.63) is 232 Å². The zero-order chi connectivity index (χ0) is 78.4. The minimum absolute atomic E-state index is 0.148. The molecule has 498 valence electrons. The van der Waals surface area contributed by atoms with Crippen LogP contribution in [0, 0.1) is 66.1 Å². The maximum Gasteiger partial charge on any atom is 0.213 e. The Balaban J connectivity index is 0.000000218. The smallest absolute Gasteiger partial charge is 0.201 e. The van der Waals surface area contributed by atoms with Gasteiger partial charge in [0.2, 0.25) is 17.1 Å². The van der Waals surface area contributed by atoms with E-state index >= 15 is 0 Å². The molecule has 0 aliphatic heterocycles. The number of rotatable bonds is 16. The lowest BCUT2D eigenvalue weighted by Crippen LogP contribution is -2.30. The summed E-state index contributed by atoms with van der Waals surface area (Å²) in [5.74, 6) is -0.884. The molecule has 0 atom stereocenters. The van der Waals surface area contributed by atoms with E-state index < -0.39 is 58.9 Å². The van der Waals surface area contributed by atoms with Crippen molar-refractivity contribution in [2.24, 2.45) is 66.5 Å². The van der Waals surface area contributed by atoms with Gasteiger partial charge in [-0.05, 0) is 206 Å². The van der Waals surface area contributed by atoms with Gasteiger partial charge in [0.05, 0.1) is 0 Å². The summed E-state index contributed by atoms with van der Waals surface area (Å²) in [5, 5.41) is 0. The van der Waals surface area contributed by atoms with Crippen molar-refractivity contribution in [2.75, 3.05) is 0 Å². The van der Waals surface area contributed by atoms with Crippen LogP contribution >= 0.6 is 0 Å². The molecule has 0 radical (unpaired) electrons. The van der Waals surface area contributed by atoms with Gasteiger partial charge in [-0.3, -0.25) is 0 Å². The van der Waals surface area contributed by atoms with E-state index in [1.54, 1.807) is 12.1 Å². The van der Waals surface area contributed by atoms with Gasteiger partial charge >= 0.3 is 0 Å². The molecule has 9 rings (SSSR count). The van der Waals surface area contributed by atoms with E-state index in [0.29, 0.717) is 22.3 Å². The van der Waals surface area contributed by atoms with Crippen LogP contribution < -0.4 is 13.7 Å². The summed E-state index contributed by atoms with van der Waals surface area (Å²) < 4.78 is 96.8. The van der Waals surface area contributed by atoms with Crippen LogP contribution in [0.25, 0.3) is 67.2 Å². The molecule has 9 aromatic rings. The minimum atomic E-state index is -1.63. The van der Waals surface area contributed by atoms with Crippen molar-refractivity contribution in [3.63, 3.8) is 0 Å². The molecule has 3 nitrogen and oxygen atoms in total. The van der Waals surface area contributed by atoms with Crippen molar-refractivity contribution < 1.29 is 27.4 Å². The highest BCUT2D eigenvalue weighted by molar-refractivity contribution is 5.73. The molecule has 0 saturated heterocycles. The first-order valence-corrected chi connectivity index (χ1v) is 34.3. The van der Waals surface area contributed by atoms with Gasteiger partial charge in [-0.25, -0.2) is 13.7 Å². The lowest BCUT2D eigenvalue weighted by atomic mass is 9.75. The van der Waals surface area contributed by atoms with Gasteiger partial charge in [0.15, 0.2) is 18.6 Å². The van der Waals surface area contributed by atoms with E-state index in [2.05, 4.69) is 194 Å². The Bertz CT molecular complexity index is 4360. The molecule has 0 N–H and O–H groups in total. The van der Waals surface area contributed by atoms with Crippen molar-refractivity contribution >= 4 is 0 Å². The summed E-state index contributed by atoms with van der Waals surface area (Å²) in [4.78, 5) is 0. The summed E-state index contributed by atoms with van der Waals surface area (Å²) in [7, 11) is 6.12. The fraction of sp³-hybridized carbons (Fsp3) is 0.440. The lowest BCUT2D eigenvalue weighted by molar-refractivity contribution is -0.660. The number of hydrogen-bond acceptors (Lipinski definition) is 0. The molecule has 0 amide bonds.